The van der Waals surface area contributed by atoms with Crippen LogP contribution in [-0.4, -0.2) is 42.4 Å². The third-order valence-corrected chi connectivity index (χ3v) is 5.53. The highest BCUT2D eigenvalue weighted by atomic mass is 16.5. The lowest BCUT2D eigenvalue weighted by atomic mass is 9.79. The highest BCUT2D eigenvalue weighted by Crippen LogP contribution is 2.46. The molecule has 0 saturated carbocycles. The van der Waals surface area contributed by atoms with Gasteiger partial charge in [0.1, 0.15) is 0 Å². The van der Waals surface area contributed by atoms with Crippen LogP contribution in [0.4, 0.5) is 0 Å². The number of rotatable bonds is 2. The number of oxime groups is 1. The zero-order valence-corrected chi connectivity index (χ0v) is 14.5. The van der Waals surface area contributed by atoms with Crippen LogP contribution >= 0.6 is 0 Å². The van der Waals surface area contributed by atoms with Crippen LogP contribution in [0.3, 0.4) is 0 Å². The maximum atomic E-state index is 12.4. The van der Waals surface area contributed by atoms with Crippen LogP contribution in [0.5, 0.6) is 11.5 Å². The Balaban J connectivity index is 1.83. The molecule has 0 fully saturated rings. The van der Waals surface area contributed by atoms with Crippen molar-refractivity contribution in [1.29, 1.82) is 0 Å². The predicted octanol–water partition coefficient (Wildman–Crippen LogP) is 2.84. The molecular weight excluding hydrogens is 320 g/mol. The van der Waals surface area contributed by atoms with Gasteiger partial charge in [0.2, 0.25) is 0 Å². The number of Topliss-reactive ketones (excluding diaryl/α,β-unsaturated/α-hetero) is 1. The molecule has 6 nitrogen and oxygen atoms in total. The van der Waals surface area contributed by atoms with Crippen molar-refractivity contribution in [2.75, 3.05) is 20.8 Å². The van der Waals surface area contributed by atoms with Gasteiger partial charge < -0.3 is 19.6 Å². The van der Waals surface area contributed by atoms with Crippen molar-refractivity contribution in [2.45, 2.75) is 38.1 Å². The van der Waals surface area contributed by atoms with Crippen molar-refractivity contribution in [3.63, 3.8) is 0 Å². The van der Waals surface area contributed by atoms with Gasteiger partial charge in [-0.2, -0.15) is 0 Å². The van der Waals surface area contributed by atoms with Gasteiger partial charge in [-0.1, -0.05) is 5.16 Å². The Kier molecular flexibility index (Phi) is 3.90. The Morgan fingerprint density at radius 2 is 1.92 bits per heavy atom. The molecule has 3 aliphatic rings. The molecule has 6 heteroatoms. The summed E-state index contributed by atoms with van der Waals surface area (Å²) >= 11 is 0. The van der Waals surface area contributed by atoms with E-state index in [-0.39, 0.29) is 11.8 Å². The molecule has 1 atom stereocenters. The molecule has 1 aromatic carbocycles. The van der Waals surface area contributed by atoms with Gasteiger partial charge in [0.25, 0.3) is 0 Å². The molecular formula is C19H22N2O4. The van der Waals surface area contributed by atoms with Gasteiger partial charge in [0.05, 0.1) is 31.5 Å². The van der Waals surface area contributed by atoms with Crippen LogP contribution in [0.25, 0.3) is 0 Å². The smallest absolute Gasteiger partial charge is 0.166 e. The zero-order valence-electron chi connectivity index (χ0n) is 14.5. The molecule has 0 aromatic heterocycles. The molecule has 2 heterocycles. The number of ether oxygens (including phenoxy) is 2. The average molecular weight is 342 g/mol. The van der Waals surface area contributed by atoms with E-state index in [2.05, 4.69) is 10.1 Å². The van der Waals surface area contributed by atoms with E-state index >= 15 is 0 Å². The first-order chi connectivity index (χ1) is 12.2. The molecule has 0 amide bonds. The third-order valence-electron chi connectivity index (χ3n) is 5.53. The number of nitrogens with zero attached hydrogens (tertiary/aromatic N) is 2. The molecule has 2 aliphatic heterocycles. The van der Waals surface area contributed by atoms with Gasteiger partial charge in [0, 0.05) is 25.1 Å². The lowest BCUT2D eigenvalue weighted by Crippen LogP contribution is -2.43. The summed E-state index contributed by atoms with van der Waals surface area (Å²) in [5.74, 6) is 1.53. The number of carbonyl (C=O) groups excluding carboxylic acids is 1. The Labute approximate surface area is 146 Å². The number of fused-ring (bicyclic) bond motifs is 4. The van der Waals surface area contributed by atoms with Crippen LogP contribution in [0.15, 0.2) is 28.6 Å². The summed E-state index contributed by atoms with van der Waals surface area (Å²) < 4.78 is 10.9. The number of carbonyl (C=O) groups is 1. The predicted molar refractivity (Wildman–Crippen MR) is 92.4 cm³/mol. The summed E-state index contributed by atoms with van der Waals surface area (Å²) in [4.78, 5) is 14.7. The molecule has 4 rings (SSSR count). The lowest BCUT2D eigenvalue weighted by Gasteiger charge is -2.45. The molecule has 0 saturated heterocycles. The Morgan fingerprint density at radius 3 is 2.64 bits per heavy atom. The van der Waals surface area contributed by atoms with E-state index in [1.54, 1.807) is 14.2 Å². The van der Waals surface area contributed by atoms with Crippen molar-refractivity contribution >= 4 is 11.5 Å². The summed E-state index contributed by atoms with van der Waals surface area (Å²) in [6.07, 6.45) is 3.68. The SMILES string of the molecule is COc1cc2c(cc1OC)[C@H]1CC(=NO)C3=C(CCCC3=O)N1CC2. The van der Waals surface area contributed by atoms with Gasteiger partial charge in [-0.05, 0) is 42.5 Å². The molecule has 1 aromatic rings. The van der Waals surface area contributed by atoms with E-state index < -0.39 is 0 Å². The first-order valence-electron chi connectivity index (χ1n) is 8.67. The van der Waals surface area contributed by atoms with Crippen LogP contribution < -0.4 is 9.47 Å². The summed E-state index contributed by atoms with van der Waals surface area (Å²) in [6, 6.07) is 4.13. The van der Waals surface area contributed by atoms with Crippen LogP contribution in [-0.2, 0) is 11.2 Å². The molecule has 0 bridgehead atoms. The summed E-state index contributed by atoms with van der Waals surface area (Å²) in [5, 5.41) is 13.0. The highest BCUT2D eigenvalue weighted by Gasteiger charge is 2.40. The van der Waals surface area contributed by atoms with Crippen molar-refractivity contribution < 1.29 is 19.5 Å². The number of hydrogen-bond donors (Lipinski definition) is 1. The van der Waals surface area contributed by atoms with Gasteiger partial charge in [-0.25, -0.2) is 0 Å². The topological polar surface area (TPSA) is 71.4 Å². The molecule has 132 valence electrons. The fourth-order valence-electron chi connectivity index (χ4n) is 4.39. The van der Waals surface area contributed by atoms with E-state index in [1.807, 2.05) is 12.1 Å². The standard InChI is InChI=1S/C19H22N2O4/c1-24-17-8-11-6-7-21-14-4-3-5-16(22)19(14)13(20-23)10-15(21)12(11)9-18(17)25-2/h8-9,15,23H,3-7,10H2,1-2H3/t15-/m1/s1. The maximum Gasteiger partial charge on any atom is 0.166 e. The minimum Gasteiger partial charge on any atom is -0.493 e. The Bertz CT molecular complexity index is 797. The normalized spacial score (nSPS) is 23.9. The zero-order chi connectivity index (χ0) is 17.6. The van der Waals surface area contributed by atoms with Crippen molar-refractivity contribution in [3.8, 4) is 11.5 Å². The Hall–Kier alpha value is -2.50. The summed E-state index contributed by atoms with van der Waals surface area (Å²) in [5.41, 5.74) is 4.59. The van der Waals surface area contributed by atoms with Crippen LogP contribution in [0.2, 0.25) is 0 Å². The van der Waals surface area contributed by atoms with E-state index in [1.165, 1.54) is 5.56 Å². The summed E-state index contributed by atoms with van der Waals surface area (Å²) in [6.45, 7) is 0.859. The summed E-state index contributed by atoms with van der Waals surface area (Å²) in [7, 11) is 3.27. The number of benzene rings is 1. The second-order valence-electron chi connectivity index (χ2n) is 6.71. The number of hydrogen-bond acceptors (Lipinski definition) is 6. The molecule has 1 N–H and O–H groups in total. The first-order valence-corrected chi connectivity index (χ1v) is 8.67. The fraction of sp³-hybridized carbons (Fsp3) is 0.474. The van der Waals surface area contributed by atoms with Crippen molar-refractivity contribution in [3.05, 3.63) is 34.5 Å². The molecule has 1 aliphatic carbocycles. The largest absolute Gasteiger partial charge is 0.493 e. The van der Waals surface area contributed by atoms with E-state index in [0.717, 1.165) is 42.8 Å². The minimum atomic E-state index is 0.0686. The molecule has 0 radical (unpaired) electrons. The third kappa shape index (κ3) is 2.39. The number of allylic oxidation sites excluding steroid dienone is 2. The second kappa shape index (κ2) is 6.10. The quantitative estimate of drug-likeness (QED) is 0.661. The van der Waals surface area contributed by atoms with Gasteiger partial charge in [-0.15, -0.1) is 0 Å². The Morgan fingerprint density at radius 1 is 1.16 bits per heavy atom. The maximum absolute atomic E-state index is 12.4. The molecule has 0 unspecified atom stereocenters. The average Bonchev–Trinajstić information content (AvgIpc) is 2.65. The van der Waals surface area contributed by atoms with E-state index in [4.69, 9.17) is 9.47 Å². The van der Waals surface area contributed by atoms with Gasteiger partial charge in [0.15, 0.2) is 17.3 Å². The monoisotopic (exact) mass is 342 g/mol. The van der Waals surface area contributed by atoms with Crippen molar-refractivity contribution in [2.24, 2.45) is 5.16 Å². The van der Waals surface area contributed by atoms with Crippen LogP contribution in [0.1, 0.15) is 42.9 Å². The highest BCUT2D eigenvalue weighted by molar-refractivity contribution is 6.23. The first kappa shape index (κ1) is 16.0. The number of methoxy groups -OCH3 is 2. The minimum absolute atomic E-state index is 0.0686. The second-order valence-corrected chi connectivity index (χ2v) is 6.71. The fourth-order valence-corrected chi connectivity index (χ4v) is 4.39. The lowest BCUT2D eigenvalue weighted by molar-refractivity contribution is -0.115. The van der Waals surface area contributed by atoms with Gasteiger partial charge >= 0.3 is 0 Å². The molecule has 25 heavy (non-hydrogen) atoms. The van der Waals surface area contributed by atoms with E-state index in [0.29, 0.717) is 29.9 Å². The van der Waals surface area contributed by atoms with Crippen LogP contribution in [0, 0.1) is 0 Å². The van der Waals surface area contributed by atoms with Gasteiger partial charge in [-0.3, -0.25) is 4.79 Å². The van der Waals surface area contributed by atoms with Crippen molar-refractivity contribution in [1.82, 2.24) is 4.90 Å². The number of ketones is 1. The van der Waals surface area contributed by atoms with E-state index in [9.17, 15) is 10.0 Å². The molecule has 0 spiro atoms.